The Bertz CT molecular complexity index is 306. The minimum atomic E-state index is -0.182. The zero-order chi connectivity index (χ0) is 10.4. The van der Waals surface area contributed by atoms with Gasteiger partial charge in [0.25, 0.3) is 5.91 Å². The summed E-state index contributed by atoms with van der Waals surface area (Å²) in [4.78, 5) is 15.4. The van der Waals surface area contributed by atoms with Crippen LogP contribution in [0.3, 0.4) is 0 Å². The van der Waals surface area contributed by atoms with Gasteiger partial charge in [-0.1, -0.05) is 0 Å². The molecule has 0 aliphatic heterocycles. The molecule has 0 aliphatic rings. The van der Waals surface area contributed by atoms with Gasteiger partial charge in [0.1, 0.15) is 10.7 Å². The number of nitrogens with one attached hydrogen (secondary N) is 1. The van der Waals surface area contributed by atoms with Crippen LogP contribution in [0.2, 0.25) is 0 Å². The number of amides is 1. The van der Waals surface area contributed by atoms with Crippen LogP contribution in [0.15, 0.2) is 5.38 Å². The number of thiazole rings is 1. The second-order valence-corrected chi connectivity index (χ2v) is 3.52. The molecular weight excluding hydrogens is 238 g/mol. The monoisotopic (exact) mass is 251 g/mol. The molecule has 0 unspecified atom stereocenters. The average Bonchev–Trinajstić information content (AvgIpc) is 2.66. The van der Waals surface area contributed by atoms with Crippen LogP contribution >= 0.6 is 23.7 Å². The number of halogens is 1. The van der Waals surface area contributed by atoms with E-state index in [-0.39, 0.29) is 18.3 Å². The molecule has 1 aromatic heterocycles. The van der Waals surface area contributed by atoms with Crippen LogP contribution in [-0.2, 0) is 11.3 Å². The quantitative estimate of drug-likeness (QED) is 0.743. The maximum Gasteiger partial charge on any atom is 0.270 e. The Hall–Kier alpha value is -0.690. The lowest BCUT2D eigenvalue weighted by Crippen LogP contribution is -2.27. The summed E-state index contributed by atoms with van der Waals surface area (Å²) < 4.78 is 4.80. The third kappa shape index (κ3) is 4.57. The van der Waals surface area contributed by atoms with Crippen LogP contribution in [0.4, 0.5) is 0 Å². The smallest absolute Gasteiger partial charge is 0.270 e. The molecule has 1 heterocycles. The number of nitrogens with zero attached hydrogens (tertiary/aromatic N) is 1. The zero-order valence-corrected chi connectivity index (χ0v) is 9.99. The number of rotatable bonds is 5. The summed E-state index contributed by atoms with van der Waals surface area (Å²) in [5.74, 6) is -0.182. The van der Waals surface area contributed by atoms with E-state index < -0.39 is 0 Å². The highest BCUT2D eigenvalue weighted by Crippen LogP contribution is 2.08. The molecule has 1 amide bonds. The summed E-state index contributed by atoms with van der Waals surface area (Å²) in [6.45, 7) is 1.36. The van der Waals surface area contributed by atoms with E-state index in [0.717, 1.165) is 5.01 Å². The molecule has 3 N–H and O–H groups in total. The van der Waals surface area contributed by atoms with Gasteiger partial charge < -0.3 is 15.8 Å². The van der Waals surface area contributed by atoms with E-state index in [1.807, 2.05) is 0 Å². The molecule has 5 nitrogen and oxygen atoms in total. The highest BCUT2D eigenvalue weighted by atomic mass is 35.5. The predicted molar refractivity (Wildman–Crippen MR) is 61.5 cm³/mol. The van der Waals surface area contributed by atoms with Gasteiger partial charge in [-0.15, -0.1) is 23.7 Å². The molecule has 0 spiro atoms. The topological polar surface area (TPSA) is 77.2 Å². The molecule has 1 aromatic rings. The predicted octanol–water partition coefficient (Wildman–Crippen LogP) is 0.400. The number of carbonyl (C=O) groups excluding carboxylic acids is 1. The Balaban J connectivity index is 0.00000196. The minimum absolute atomic E-state index is 0. The van der Waals surface area contributed by atoms with Crippen molar-refractivity contribution in [3.05, 3.63) is 16.1 Å². The lowest BCUT2D eigenvalue weighted by molar-refractivity contribution is 0.0932. The number of aromatic nitrogens is 1. The second kappa shape index (κ2) is 7.58. The normalized spacial score (nSPS) is 9.47. The van der Waals surface area contributed by atoms with Crippen molar-refractivity contribution in [3.63, 3.8) is 0 Å². The molecule has 86 valence electrons. The molecular formula is C8H14ClN3O2S. The van der Waals surface area contributed by atoms with Crippen molar-refractivity contribution in [1.29, 1.82) is 0 Å². The molecule has 0 aliphatic carbocycles. The van der Waals surface area contributed by atoms with Crippen molar-refractivity contribution in [3.8, 4) is 0 Å². The molecule has 0 fully saturated rings. The van der Waals surface area contributed by atoms with E-state index in [1.165, 1.54) is 11.3 Å². The molecule has 7 heteroatoms. The molecule has 0 aromatic carbocycles. The Kier molecular flexibility index (Phi) is 7.23. The summed E-state index contributed by atoms with van der Waals surface area (Å²) in [6, 6.07) is 0. The van der Waals surface area contributed by atoms with Crippen LogP contribution in [0.5, 0.6) is 0 Å². The Morgan fingerprint density at radius 1 is 1.73 bits per heavy atom. The summed E-state index contributed by atoms with van der Waals surface area (Å²) in [7, 11) is 1.58. The molecule has 0 bridgehead atoms. The number of ether oxygens (including phenoxy) is 1. The number of hydrogen-bond acceptors (Lipinski definition) is 5. The van der Waals surface area contributed by atoms with E-state index in [0.29, 0.717) is 25.4 Å². The van der Waals surface area contributed by atoms with Crippen molar-refractivity contribution in [2.24, 2.45) is 5.73 Å². The van der Waals surface area contributed by atoms with E-state index in [9.17, 15) is 4.79 Å². The van der Waals surface area contributed by atoms with E-state index in [1.54, 1.807) is 12.5 Å². The van der Waals surface area contributed by atoms with Crippen LogP contribution in [0.1, 0.15) is 15.5 Å². The van der Waals surface area contributed by atoms with E-state index >= 15 is 0 Å². The molecule has 0 atom stereocenters. The van der Waals surface area contributed by atoms with Gasteiger partial charge in [-0.2, -0.15) is 0 Å². The lowest BCUT2D eigenvalue weighted by atomic mass is 10.4. The molecule has 1 rings (SSSR count). The van der Waals surface area contributed by atoms with Crippen LogP contribution in [0.25, 0.3) is 0 Å². The largest absolute Gasteiger partial charge is 0.383 e. The highest BCUT2D eigenvalue weighted by molar-refractivity contribution is 7.09. The van der Waals surface area contributed by atoms with Gasteiger partial charge in [0.05, 0.1) is 6.61 Å². The first-order valence-corrected chi connectivity index (χ1v) is 5.07. The Morgan fingerprint density at radius 3 is 3.00 bits per heavy atom. The lowest BCUT2D eigenvalue weighted by Gasteiger charge is -2.00. The van der Waals surface area contributed by atoms with Crippen molar-refractivity contribution < 1.29 is 9.53 Å². The standard InChI is InChI=1S/C8H13N3O2S.ClH/c1-13-3-2-10-8(12)6-5-14-7(4-9)11-6;/h5H,2-4,9H2,1H3,(H,10,12);1H. The number of carbonyl (C=O) groups is 1. The zero-order valence-electron chi connectivity index (χ0n) is 8.36. The third-order valence-corrected chi connectivity index (χ3v) is 2.42. The van der Waals surface area contributed by atoms with Crippen molar-refractivity contribution in [2.75, 3.05) is 20.3 Å². The van der Waals surface area contributed by atoms with Crippen LogP contribution in [-0.4, -0.2) is 31.2 Å². The number of nitrogens with two attached hydrogens (primary N) is 1. The molecule has 0 radical (unpaired) electrons. The summed E-state index contributed by atoms with van der Waals surface area (Å²) in [6.07, 6.45) is 0. The first kappa shape index (κ1) is 14.3. The van der Waals surface area contributed by atoms with Crippen LogP contribution < -0.4 is 11.1 Å². The van der Waals surface area contributed by atoms with Gasteiger partial charge in [0.2, 0.25) is 0 Å². The second-order valence-electron chi connectivity index (χ2n) is 2.58. The van der Waals surface area contributed by atoms with Crippen molar-refractivity contribution >= 4 is 29.7 Å². The van der Waals surface area contributed by atoms with E-state index in [4.69, 9.17) is 10.5 Å². The van der Waals surface area contributed by atoms with Gasteiger partial charge in [-0.3, -0.25) is 4.79 Å². The van der Waals surface area contributed by atoms with E-state index in [2.05, 4.69) is 10.3 Å². The number of hydrogen-bond donors (Lipinski definition) is 2. The fourth-order valence-electron chi connectivity index (χ4n) is 0.866. The van der Waals surface area contributed by atoms with Gasteiger partial charge >= 0.3 is 0 Å². The van der Waals surface area contributed by atoms with Gasteiger partial charge in [-0.05, 0) is 0 Å². The first-order valence-electron chi connectivity index (χ1n) is 4.19. The van der Waals surface area contributed by atoms with Crippen LogP contribution in [0, 0.1) is 0 Å². The highest BCUT2D eigenvalue weighted by Gasteiger charge is 2.08. The van der Waals surface area contributed by atoms with Gasteiger partial charge in [0, 0.05) is 25.6 Å². The summed E-state index contributed by atoms with van der Waals surface area (Å²) >= 11 is 1.39. The molecule has 0 saturated heterocycles. The third-order valence-electron chi connectivity index (χ3n) is 1.55. The van der Waals surface area contributed by atoms with Gasteiger partial charge in [-0.25, -0.2) is 4.98 Å². The summed E-state index contributed by atoms with van der Waals surface area (Å²) in [5.41, 5.74) is 5.80. The average molecular weight is 252 g/mol. The Labute approximate surface area is 98.4 Å². The summed E-state index contributed by atoms with van der Waals surface area (Å²) in [5, 5.41) is 5.14. The Morgan fingerprint density at radius 2 is 2.47 bits per heavy atom. The SMILES string of the molecule is COCCNC(=O)c1csc(CN)n1.Cl. The van der Waals surface area contributed by atoms with Crippen molar-refractivity contribution in [1.82, 2.24) is 10.3 Å². The van der Waals surface area contributed by atoms with Crippen molar-refractivity contribution in [2.45, 2.75) is 6.54 Å². The maximum atomic E-state index is 11.4. The number of methoxy groups -OCH3 is 1. The fourth-order valence-corrected chi connectivity index (χ4v) is 1.52. The molecule has 15 heavy (non-hydrogen) atoms. The minimum Gasteiger partial charge on any atom is -0.383 e. The maximum absolute atomic E-state index is 11.4. The molecule has 0 saturated carbocycles. The fraction of sp³-hybridized carbons (Fsp3) is 0.500. The van der Waals surface area contributed by atoms with Gasteiger partial charge in [0.15, 0.2) is 0 Å². The first-order chi connectivity index (χ1) is 6.77.